The van der Waals surface area contributed by atoms with Gasteiger partial charge in [0.25, 0.3) is 5.56 Å². The zero-order valence-electron chi connectivity index (χ0n) is 12.9. The Labute approximate surface area is 129 Å². The van der Waals surface area contributed by atoms with Crippen molar-refractivity contribution in [3.8, 4) is 5.75 Å². The van der Waals surface area contributed by atoms with Gasteiger partial charge in [0.2, 0.25) is 0 Å². The van der Waals surface area contributed by atoms with Crippen molar-refractivity contribution in [1.29, 1.82) is 0 Å². The van der Waals surface area contributed by atoms with Crippen molar-refractivity contribution in [1.82, 2.24) is 9.97 Å². The van der Waals surface area contributed by atoms with Crippen LogP contribution in [0.3, 0.4) is 0 Å². The molecule has 0 aliphatic carbocycles. The molecule has 2 heterocycles. The molecule has 0 spiro atoms. The van der Waals surface area contributed by atoms with Crippen LogP contribution in [0.15, 0.2) is 41.5 Å². The van der Waals surface area contributed by atoms with E-state index in [1.165, 1.54) is 0 Å². The lowest BCUT2D eigenvalue weighted by Crippen LogP contribution is -2.07. The third-order valence-corrected chi connectivity index (χ3v) is 3.79. The van der Waals surface area contributed by atoms with Crippen molar-refractivity contribution in [3.05, 3.63) is 47.0 Å². The molecule has 3 aromatic rings. The van der Waals surface area contributed by atoms with Gasteiger partial charge in [-0.1, -0.05) is 13.8 Å². The molecule has 0 bridgehead atoms. The summed E-state index contributed by atoms with van der Waals surface area (Å²) < 4.78 is 5.78. The predicted molar refractivity (Wildman–Crippen MR) is 89.4 cm³/mol. The topological polar surface area (TPSA) is 55.0 Å². The fourth-order valence-electron chi connectivity index (χ4n) is 2.63. The summed E-state index contributed by atoms with van der Waals surface area (Å²) in [6.45, 7) is 5.12. The van der Waals surface area contributed by atoms with Crippen LogP contribution < -0.4 is 10.3 Å². The van der Waals surface area contributed by atoms with Crippen LogP contribution in [0.4, 0.5) is 0 Å². The second kappa shape index (κ2) is 6.18. The average molecular weight is 296 g/mol. The first-order chi connectivity index (χ1) is 10.6. The largest absolute Gasteiger partial charge is 0.494 e. The van der Waals surface area contributed by atoms with E-state index in [9.17, 15) is 4.79 Å². The van der Waals surface area contributed by atoms with Gasteiger partial charge in [-0.2, -0.15) is 0 Å². The molecule has 0 saturated carbocycles. The van der Waals surface area contributed by atoms with Crippen LogP contribution in [0.5, 0.6) is 5.75 Å². The van der Waals surface area contributed by atoms with E-state index in [4.69, 9.17) is 4.74 Å². The lowest BCUT2D eigenvalue weighted by molar-refractivity contribution is 0.298. The van der Waals surface area contributed by atoms with Crippen molar-refractivity contribution in [3.63, 3.8) is 0 Å². The Balaban J connectivity index is 1.90. The molecule has 4 nitrogen and oxygen atoms in total. The zero-order valence-corrected chi connectivity index (χ0v) is 12.9. The van der Waals surface area contributed by atoms with E-state index in [1.807, 2.05) is 24.3 Å². The van der Waals surface area contributed by atoms with E-state index < -0.39 is 0 Å². The first kappa shape index (κ1) is 14.6. The van der Waals surface area contributed by atoms with Gasteiger partial charge in [0, 0.05) is 23.8 Å². The van der Waals surface area contributed by atoms with Crippen molar-refractivity contribution in [2.75, 3.05) is 6.61 Å². The molecular weight excluding hydrogens is 276 g/mol. The molecule has 22 heavy (non-hydrogen) atoms. The Bertz CT molecular complexity index is 852. The first-order valence-corrected chi connectivity index (χ1v) is 7.67. The molecule has 1 N–H and O–H groups in total. The molecule has 0 atom stereocenters. The third-order valence-electron chi connectivity index (χ3n) is 3.79. The number of rotatable bonds is 5. The molecule has 3 rings (SSSR count). The molecule has 0 radical (unpaired) electrons. The maximum Gasteiger partial charge on any atom is 0.257 e. The molecule has 0 amide bonds. The number of aromatic amines is 1. The summed E-state index contributed by atoms with van der Waals surface area (Å²) in [6, 6.07) is 7.71. The van der Waals surface area contributed by atoms with Crippen molar-refractivity contribution in [2.24, 2.45) is 5.92 Å². The van der Waals surface area contributed by atoms with Crippen LogP contribution in [0, 0.1) is 5.92 Å². The van der Waals surface area contributed by atoms with Gasteiger partial charge in [0.15, 0.2) is 0 Å². The molecule has 0 aliphatic heterocycles. The normalized spacial score (nSPS) is 11.4. The van der Waals surface area contributed by atoms with Crippen LogP contribution >= 0.6 is 0 Å². The number of pyridine rings is 2. The Kier molecular flexibility index (Phi) is 4.09. The number of benzene rings is 1. The third kappa shape index (κ3) is 2.96. The maximum absolute atomic E-state index is 12.1. The van der Waals surface area contributed by atoms with Gasteiger partial charge in [-0.15, -0.1) is 0 Å². The minimum absolute atomic E-state index is 0.118. The Morgan fingerprint density at radius 3 is 2.86 bits per heavy atom. The summed E-state index contributed by atoms with van der Waals surface area (Å²) in [5, 5.41) is 2.53. The summed E-state index contributed by atoms with van der Waals surface area (Å²) in [5.41, 5.74) is 0.678. The molecule has 0 fully saturated rings. The highest BCUT2D eigenvalue weighted by Crippen LogP contribution is 2.24. The summed E-state index contributed by atoms with van der Waals surface area (Å²) in [5.74, 6) is 1.48. The summed E-state index contributed by atoms with van der Waals surface area (Å²) in [6.07, 6.45) is 5.50. The Morgan fingerprint density at radius 2 is 2.05 bits per heavy atom. The number of hydrogen-bond acceptors (Lipinski definition) is 3. The second-order valence-corrected chi connectivity index (χ2v) is 5.97. The number of H-pyrrole nitrogens is 1. The van der Waals surface area contributed by atoms with E-state index >= 15 is 0 Å². The number of aromatic nitrogens is 2. The van der Waals surface area contributed by atoms with Crippen molar-refractivity contribution in [2.45, 2.75) is 26.7 Å². The van der Waals surface area contributed by atoms with Crippen molar-refractivity contribution < 1.29 is 4.74 Å². The van der Waals surface area contributed by atoms with Gasteiger partial charge in [0.1, 0.15) is 5.75 Å². The minimum Gasteiger partial charge on any atom is -0.494 e. The van der Waals surface area contributed by atoms with E-state index in [2.05, 4.69) is 23.8 Å². The van der Waals surface area contributed by atoms with Gasteiger partial charge in [0.05, 0.1) is 17.5 Å². The zero-order chi connectivity index (χ0) is 15.5. The number of hydrogen-bond donors (Lipinski definition) is 1. The average Bonchev–Trinajstić information content (AvgIpc) is 2.51. The molecule has 2 aromatic heterocycles. The SMILES string of the molecule is CC(C)CCCOc1ccc2c(c1)[nH]c(=O)c1cnccc12. The first-order valence-electron chi connectivity index (χ1n) is 7.67. The summed E-state index contributed by atoms with van der Waals surface area (Å²) in [7, 11) is 0. The Morgan fingerprint density at radius 1 is 1.18 bits per heavy atom. The highest BCUT2D eigenvalue weighted by atomic mass is 16.5. The van der Waals surface area contributed by atoms with Crippen LogP contribution in [0.1, 0.15) is 26.7 Å². The summed E-state index contributed by atoms with van der Waals surface area (Å²) in [4.78, 5) is 19.0. The van der Waals surface area contributed by atoms with Crippen LogP contribution in [-0.2, 0) is 0 Å². The van der Waals surface area contributed by atoms with E-state index in [0.717, 1.165) is 34.9 Å². The highest BCUT2D eigenvalue weighted by Gasteiger charge is 2.06. The van der Waals surface area contributed by atoms with E-state index in [-0.39, 0.29) is 5.56 Å². The van der Waals surface area contributed by atoms with Gasteiger partial charge < -0.3 is 9.72 Å². The van der Waals surface area contributed by atoms with Crippen LogP contribution in [0.2, 0.25) is 0 Å². The fourth-order valence-corrected chi connectivity index (χ4v) is 2.63. The minimum atomic E-state index is -0.118. The molecule has 1 aromatic carbocycles. The molecule has 0 saturated heterocycles. The van der Waals surface area contributed by atoms with Crippen molar-refractivity contribution >= 4 is 21.7 Å². The van der Waals surface area contributed by atoms with Crippen LogP contribution in [0.25, 0.3) is 21.7 Å². The van der Waals surface area contributed by atoms with Gasteiger partial charge >= 0.3 is 0 Å². The van der Waals surface area contributed by atoms with Crippen LogP contribution in [-0.4, -0.2) is 16.6 Å². The quantitative estimate of drug-likeness (QED) is 0.574. The van der Waals surface area contributed by atoms with Gasteiger partial charge in [-0.05, 0) is 42.3 Å². The number of nitrogens with zero attached hydrogens (tertiary/aromatic N) is 1. The number of fused-ring (bicyclic) bond motifs is 3. The molecule has 4 heteroatoms. The standard InChI is InChI=1S/C18H20N2O2/c1-12(2)4-3-9-22-13-5-6-15-14-7-8-19-11-16(14)18(21)20-17(15)10-13/h5-8,10-12H,3-4,9H2,1-2H3,(H,20,21). The molecule has 0 unspecified atom stereocenters. The van der Waals surface area contributed by atoms with Gasteiger partial charge in [-0.25, -0.2) is 0 Å². The molecule has 0 aliphatic rings. The number of ether oxygens (including phenoxy) is 1. The monoisotopic (exact) mass is 296 g/mol. The van der Waals surface area contributed by atoms with Gasteiger partial charge in [-0.3, -0.25) is 9.78 Å². The smallest absolute Gasteiger partial charge is 0.257 e. The predicted octanol–water partition coefficient (Wildman–Crippen LogP) is 3.89. The van der Waals surface area contributed by atoms with E-state index in [1.54, 1.807) is 12.4 Å². The fraction of sp³-hybridized carbons (Fsp3) is 0.333. The molecule has 114 valence electrons. The summed E-state index contributed by atoms with van der Waals surface area (Å²) >= 11 is 0. The lowest BCUT2D eigenvalue weighted by atomic mass is 10.1. The Hall–Kier alpha value is -2.36. The maximum atomic E-state index is 12.1. The highest BCUT2D eigenvalue weighted by molar-refractivity contribution is 6.05. The number of nitrogens with one attached hydrogen (secondary N) is 1. The second-order valence-electron chi connectivity index (χ2n) is 5.97. The van der Waals surface area contributed by atoms with E-state index in [0.29, 0.717) is 17.9 Å². The lowest BCUT2D eigenvalue weighted by Gasteiger charge is -2.09. The molecular formula is C18H20N2O2.